The van der Waals surface area contributed by atoms with Gasteiger partial charge in [0.25, 0.3) is 5.91 Å². The number of hydrogen-bond acceptors (Lipinski definition) is 3. The maximum absolute atomic E-state index is 10.8. The third kappa shape index (κ3) is 2.39. The highest BCUT2D eigenvalue weighted by Crippen LogP contribution is 2.17. The summed E-state index contributed by atoms with van der Waals surface area (Å²) in [5.74, 6) is 0.0686. The van der Waals surface area contributed by atoms with E-state index in [1.54, 1.807) is 6.07 Å². The van der Waals surface area contributed by atoms with Crippen LogP contribution in [-0.4, -0.2) is 5.91 Å². The quantitative estimate of drug-likeness (QED) is 0.712. The zero-order valence-electron chi connectivity index (χ0n) is 8.12. The third-order valence-electron chi connectivity index (χ3n) is 1.76. The fraction of sp³-hybridized carbons (Fsp3) is 0.300. The van der Waals surface area contributed by atoms with E-state index in [4.69, 9.17) is 15.9 Å². The summed E-state index contributed by atoms with van der Waals surface area (Å²) >= 11 is 0. The standard InChI is InChI=1S/C10H14N2O2/c1-2-3-4-5-7-6-8(11)9(14-7)10(12)13/h3-4,6H,2,5,11H2,1H3,(H2,12,13)/b4-3-. The second-order valence-electron chi connectivity index (χ2n) is 2.95. The first-order chi connectivity index (χ1) is 6.65. The van der Waals surface area contributed by atoms with Gasteiger partial charge in [-0.15, -0.1) is 0 Å². The van der Waals surface area contributed by atoms with Gasteiger partial charge in [0.2, 0.25) is 5.76 Å². The summed E-state index contributed by atoms with van der Waals surface area (Å²) in [6.07, 6.45) is 5.58. The van der Waals surface area contributed by atoms with Gasteiger partial charge in [0, 0.05) is 12.5 Å². The van der Waals surface area contributed by atoms with Gasteiger partial charge in [-0.3, -0.25) is 4.79 Å². The van der Waals surface area contributed by atoms with Gasteiger partial charge in [-0.1, -0.05) is 19.1 Å². The number of furan rings is 1. The van der Waals surface area contributed by atoms with Crippen molar-refractivity contribution >= 4 is 11.6 Å². The Balaban J connectivity index is 2.76. The molecule has 0 spiro atoms. The van der Waals surface area contributed by atoms with Crippen LogP contribution in [0.1, 0.15) is 29.7 Å². The van der Waals surface area contributed by atoms with Crippen LogP contribution in [0.25, 0.3) is 0 Å². The molecule has 0 aromatic carbocycles. The first kappa shape index (κ1) is 10.4. The molecule has 0 atom stereocenters. The lowest BCUT2D eigenvalue weighted by Gasteiger charge is -1.89. The lowest BCUT2D eigenvalue weighted by Crippen LogP contribution is -2.11. The molecule has 14 heavy (non-hydrogen) atoms. The van der Waals surface area contributed by atoms with E-state index in [1.165, 1.54) is 0 Å². The maximum atomic E-state index is 10.8. The molecular weight excluding hydrogens is 180 g/mol. The summed E-state index contributed by atoms with van der Waals surface area (Å²) in [5.41, 5.74) is 10.9. The number of nitrogens with two attached hydrogens (primary N) is 2. The SMILES string of the molecule is CC/C=C\Cc1cc(N)c(C(N)=O)o1. The minimum absolute atomic E-state index is 0.0462. The number of primary amides is 1. The van der Waals surface area contributed by atoms with Crippen molar-refractivity contribution in [3.8, 4) is 0 Å². The molecule has 4 N–H and O–H groups in total. The van der Waals surface area contributed by atoms with E-state index in [2.05, 4.69) is 0 Å². The Morgan fingerprint density at radius 1 is 1.57 bits per heavy atom. The minimum Gasteiger partial charge on any atom is -0.453 e. The van der Waals surface area contributed by atoms with Gasteiger partial charge in [-0.05, 0) is 6.42 Å². The molecule has 1 rings (SSSR count). The van der Waals surface area contributed by atoms with Gasteiger partial charge in [0.15, 0.2) is 0 Å². The molecule has 1 aromatic rings. The van der Waals surface area contributed by atoms with Crippen molar-refractivity contribution in [1.82, 2.24) is 0 Å². The number of amides is 1. The van der Waals surface area contributed by atoms with E-state index in [0.717, 1.165) is 6.42 Å². The van der Waals surface area contributed by atoms with E-state index in [0.29, 0.717) is 17.9 Å². The average Bonchev–Trinajstić information content (AvgIpc) is 2.47. The number of rotatable bonds is 4. The molecule has 4 nitrogen and oxygen atoms in total. The molecule has 0 fully saturated rings. The van der Waals surface area contributed by atoms with Gasteiger partial charge < -0.3 is 15.9 Å². The second kappa shape index (κ2) is 4.50. The molecule has 1 amide bonds. The van der Waals surface area contributed by atoms with Gasteiger partial charge in [-0.2, -0.15) is 0 Å². The molecule has 0 bridgehead atoms. The van der Waals surface area contributed by atoms with Crippen LogP contribution in [0.5, 0.6) is 0 Å². The molecule has 0 saturated heterocycles. The molecule has 4 heteroatoms. The van der Waals surface area contributed by atoms with E-state index in [9.17, 15) is 4.79 Å². The summed E-state index contributed by atoms with van der Waals surface area (Å²) in [6, 6.07) is 1.63. The highest BCUT2D eigenvalue weighted by molar-refractivity contribution is 5.95. The van der Waals surface area contributed by atoms with Crippen LogP contribution in [0.4, 0.5) is 5.69 Å². The highest BCUT2D eigenvalue weighted by Gasteiger charge is 2.12. The Morgan fingerprint density at radius 2 is 2.29 bits per heavy atom. The van der Waals surface area contributed by atoms with E-state index < -0.39 is 5.91 Å². The van der Waals surface area contributed by atoms with Crippen LogP contribution >= 0.6 is 0 Å². The largest absolute Gasteiger partial charge is 0.453 e. The van der Waals surface area contributed by atoms with Crippen molar-refractivity contribution in [3.63, 3.8) is 0 Å². The highest BCUT2D eigenvalue weighted by atomic mass is 16.4. The molecule has 76 valence electrons. The smallest absolute Gasteiger partial charge is 0.286 e. The van der Waals surface area contributed by atoms with Crippen molar-refractivity contribution in [3.05, 3.63) is 29.7 Å². The monoisotopic (exact) mass is 194 g/mol. The Kier molecular flexibility index (Phi) is 3.34. The number of allylic oxidation sites excluding steroid dienone is 2. The van der Waals surface area contributed by atoms with Crippen LogP contribution in [0.15, 0.2) is 22.6 Å². The van der Waals surface area contributed by atoms with Crippen LogP contribution < -0.4 is 11.5 Å². The number of anilines is 1. The summed E-state index contributed by atoms with van der Waals surface area (Å²) < 4.78 is 5.17. The molecule has 1 aromatic heterocycles. The second-order valence-corrected chi connectivity index (χ2v) is 2.95. The van der Waals surface area contributed by atoms with Crippen LogP contribution in [0.3, 0.4) is 0 Å². The topological polar surface area (TPSA) is 82.2 Å². The van der Waals surface area contributed by atoms with Gasteiger partial charge in [0.1, 0.15) is 5.76 Å². The summed E-state index contributed by atoms with van der Waals surface area (Å²) in [6.45, 7) is 2.04. The first-order valence-corrected chi connectivity index (χ1v) is 4.48. The normalized spacial score (nSPS) is 10.9. The summed E-state index contributed by atoms with van der Waals surface area (Å²) in [4.78, 5) is 10.8. The van der Waals surface area contributed by atoms with E-state index in [1.807, 2.05) is 19.1 Å². The van der Waals surface area contributed by atoms with E-state index >= 15 is 0 Å². The van der Waals surface area contributed by atoms with Gasteiger partial charge in [0.05, 0.1) is 5.69 Å². The lowest BCUT2D eigenvalue weighted by atomic mass is 10.3. The predicted molar refractivity (Wildman–Crippen MR) is 54.8 cm³/mol. The van der Waals surface area contributed by atoms with Crippen LogP contribution in [0.2, 0.25) is 0 Å². The number of nitrogen functional groups attached to an aromatic ring is 1. The molecule has 0 unspecified atom stereocenters. The molecule has 1 heterocycles. The van der Waals surface area contributed by atoms with Crippen LogP contribution in [0, 0.1) is 0 Å². The zero-order valence-corrected chi connectivity index (χ0v) is 8.12. The van der Waals surface area contributed by atoms with Gasteiger partial charge in [-0.25, -0.2) is 0 Å². The predicted octanol–water partition coefficient (Wildman–Crippen LogP) is 1.47. The maximum Gasteiger partial charge on any atom is 0.286 e. The third-order valence-corrected chi connectivity index (χ3v) is 1.76. The number of carbonyl (C=O) groups is 1. The van der Waals surface area contributed by atoms with E-state index in [-0.39, 0.29) is 5.76 Å². The Hall–Kier alpha value is -1.71. The number of carbonyl (C=O) groups excluding carboxylic acids is 1. The lowest BCUT2D eigenvalue weighted by molar-refractivity contribution is 0.0973. The molecule has 0 aliphatic carbocycles. The van der Waals surface area contributed by atoms with Crippen molar-refractivity contribution in [2.24, 2.45) is 5.73 Å². The average molecular weight is 194 g/mol. The Bertz CT molecular complexity index is 353. The minimum atomic E-state index is -0.631. The zero-order chi connectivity index (χ0) is 10.6. The Labute approximate surface area is 82.6 Å². The first-order valence-electron chi connectivity index (χ1n) is 4.48. The molecule has 0 aliphatic rings. The summed E-state index contributed by atoms with van der Waals surface area (Å²) in [5, 5.41) is 0. The number of hydrogen-bond donors (Lipinski definition) is 2. The Morgan fingerprint density at radius 3 is 2.79 bits per heavy atom. The summed E-state index contributed by atoms with van der Waals surface area (Å²) in [7, 11) is 0. The van der Waals surface area contributed by atoms with Gasteiger partial charge >= 0.3 is 0 Å². The molecular formula is C10H14N2O2. The molecule has 0 aliphatic heterocycles. The van der Waals surface area contributed by atoms with Crippen molar-refractivity contribution in [2.75, 3.05) is 5.73 Å². The molecule has 0 saturated carbocycles. The fourth-order valence-electron chi connectivity index (χ4n) is 1.12. The van der Waals surface area contributed by atoms with Crippen molar-refractivity contribution in [1.29, 1.82) is 0 Å². The van der Waals surface area contributed by atoms with Crippen LogP contribution in [-0.2, 0) is 6.42 Å². The fourth-order valence-corrected chi connectivity index (χ4v) is 1.12. The van der Waals surface area contributed by atoms with Crippen molar-refractivity contribution in [2.45, 2.75) is 19.8 Å². The van der Waals surface area contributed by atoms with Crippen molar-refractivity contribution < 1.29 is 9.21 Å². The molecule has 0 radical (unpaired) electrons.